The zero-order valence-corrected chi connectivity index (χ0v) is 14.7. The van der Waals surface area contributed by atoms with Crippen molar-refractivity contribution < 1.29 is 13.4 Å². The van der Waals surface area contributed by atoms with Gasteiger partial charge in [-0.05, 0) is 36.4 Å². The highest BCUT2D eigenvalue weighted by molar-refractivity contribution is 7.84. The maximum absolute atomic E-state index is 12.4. The Labute approximate surface area is 152 Å². The van der Waals surface area contributed by atoms with Gasteiger partial charge in [0.1, 0.15) is 5.76 Å². The number of furan rings is 1. The van der Waals surface area contributed by atoms with Gasteiger partial charge in [0.05, 0.1) is 38.7 Å². The predicted octanol–water partition coefficient (Wildman–Crippen LogP) is 3.57. The first-order chi connectivity index (χ1) is 12.1. The van der Waals surface area contributed by atoms with Gasteiger partial charge in [0, 0.05) is 6.20 Å². The lowest BCUT2D eigenvalue weighted by Crippen LogP contribution is -2.22. The molecule has 2 heterocycles. The standard InChI is InChI=1S/C18H15ClN2O3S/c19-15-6-1-2-7-17(15)25(23)12-14-8-9-16(24-14)18(22)21-11-13-5-3-4-10-20-13/h1-10H,11-12H2,(H,21,22)/t25-/m1/s1. The number of carbonyl (C=O) groups is 1. The topological polar surface area (TPSA) is 72.2 Å². The van der Waals surface area contributed by atoms with Gasteiger partial charge in [0.2, 0.25) is 0 Å². The quantitative estimate of drug-likeness (QED) is 0.716. The number of hydrogen-bond acceptors (Lipinski definition) is 4. The molecule has 0 saturated carbocycles. The summed E-state index contributed by atoms with van der Waals surface area (Å²) in [4.78, 5) is 16.8. The summed E-state index contributed by atoms with van der Waals surface area (Å²) in [5, 5.41) is 3.18. The second kappa shape index (κ2) is 8.09. The number of aromatic nitrogens is 1. The average Bonchev–Trinajstić information content (AvgIpc) is 3.09. The van der Waals surface area contributed by atoms with E-state index < -0.39 is 10.8 Å². The first-order valence-electron chi connectivity index (χ1n) is 7.53. The Morgan fingerprint density at radius 3 is 2.68 bits per heavy atom. The van der Waals surface area contributed by atoms with Crippen LogP contribution in [0.5, 0.6) is 0 Å². The molecule has 2 aromatic heterocycles. The first-order valence-corrected chi connectivity index (χ1v) is 9.23. The number of nitrogens with one attached hydrogen (secondary N) is 1. The molecule has 7 heteroatoms. The molecule has 25 heavy (non-hydrogen) atoms. The van der Waals surface area contributed by atoms with Gasteiger partial charge in [0.15, 0.2) is 5.76 Å². The van der Waals surface area contributed by atoms with Crippen molar-refractivity contribution in [2.24, 2.45) is 0 Å². The predicted molar refractivity (Wildman–Crippen MR) is 95.7 cm³/mol. The Bertz CT molecular complexity index is 896. The highest BCUT2D eigenvalue weighted by Crippen LogP contribution is 2.22. The third-order valence-corrected chi connectivity index (χ3v) is 5.23. The number of nitrogens with zero attached hydrogens (tertiary/aromatic N) is 1. The van der Waals surface area contributed by atoms with Crippen LogP contribution in [0.15, 0.2) is 70.1 Å². The van der Waals surface area contributed by atoms with E-state index in [1.807, 2.05) is 18.2 Å². The van der Waals surface area contributed by atoms with E-state index in [0.717, 1.165) is 5.69 Å². The Balaban J connectivity index is 1.61. The van der Waals surface area contributed by atoms with Crippen LogP contribution in [0, 0.1) is 0 Å². The molecule has 3 rings (SSSR count). The van der Waals surface area contributed by atoms with Gasteiger partial charge in [-0.15, -0.1) is 0 Å². The summed E-state index contributed by atoms with van der Waals surface area (Å²) in [6, 6.07) is 15.6. The molecule has 0 aliphatic heterocycles. The number of benzene rings is 1. The molecular formula is C18H15ClN2O3S. The van der Waals surface area contributed by atoms with Crippen LogP contribution >= 0.6 is 11.6 Å². The van der Waals surface area contributed by atoms with Gasteiger partial charge in [-0.25, -0.2) is 0 Å². The maximum Gasteiger partial charge on any atom is 0.287 e. The van der Waals surface area contributed by atoms with Crippen LogP contribution in [0.4, 0.5) is 0 Å². The third kappa shape index (κ3) is 4.55. The van der Waals surface area contributed by atoms with Gasteiger partial charge in [0.25, 0.3) is 5.91 Å². The lowest BCUT2D eigenvalue weighted by molar-refractivity contribution is 0.0921. The second-order valence-electron chi connectivity index (χ2n) is 5.19. The van der Waals surface area contributed by atoms with E-state index in [9.17, 15) is 9.00 Å². The Hall–Kier alpha value is -2.44. The van der Waals surface area contributed by atoms with Crippen molar-refractivity contribution in [3.63, 3.8) is 0 Å². The smallest absolute Gasteiger partial charge is 0.287 e. The van der Waals surface area contributed by atoms with E-state index in [2.05, 4.69) is 10.3 Å². The molecule has 128 valence electrons. The molecule has 0 spiro atoms. The highest BCUT2D eigenvalue weighted by Gasteiger charge is 2.15. The molecule has 0 aliphatic rings. The van der Waals surface area contributed by atoms with Crippen molar-refractivity contribution in [2.45, 2.75) is 17.2 Å². The number of halogens is 1. The molecule has 0 saturated heterocycles. The lowest BCUT2D eigenvalue weighted by Gasteiger charge is -2.03. The minimum absolute atomic E-state index is 0.150. The number of amides is 1. The van der Waals surface area contributed by atoms with Crippen LogP contribution in [-0.2, 0) is 23.1 Å². The molecule has 0 fully saturated rings. The molecule has 1 amide bonds. The van der Waals surface area contributed by atoms with E-state index in [1.54, 1.807) is 42.6 Å². The summed E-state index contributed by atoms with van der Waals surface area (Å²) < 4.78 is 17.9. The van der Waals surface area contributed by atoms with Crippen molar-refractivity contribution >= 4 is 28.3 Å². The summed E-state index contributed by atoms with van der Waals surface area (Å²) in [5.74, 6) is 0.431. The molecule has 1 N–H and O–H groups in total. The first kappa shape index (κ1) is 17.4. The van der Waals surface area contributed by atoms with E-state index in [4.69, 9.17) is 16.0 Å². The van der Waals surface area contributed by atoms with E-state index >= 15 is 0 Å². The van der Waals surface area contributed by atoms with Crippen molar-refractivity contribution in [1.29, 1.82) is 0 Å². The van der Waals surface area contributed by atoms with Crippen LogP contribution < -0.4 is 5.32 Å². The molecule has 0 bridgehead atoms. The average molecular weight is 375 g/mol. The van der Waals surface area contributed by atoms with Crippen LogP contribution in [-0.4, -0.2) is 15.1 Å². The normalized spacial score (nSPS) is 11.9. The molecule has 0 aliphatic carbocycles. The number of rotatable bonds is 6. The van der Waals surface area contributed by atoms with Gasteiger partial charge < -0.3 is 9.73 Å². The minimum atomic E-state index is -1.35. The Morgan fingerprint density at radius 2 is 1.92 bits per heavy atom. The molecule has 3 aromatic rings. The van der Waals surface area contributed by atoms with Crippen LogP contribution in [0.25, 0.3) is 0 Å². The van der Waals surface area contributed by atoms with Gasteiger partial charge in [-0.1, -0.05) is 29.8 Å². The van der Waals surface area contributed by atoms with Crippen LogP contribution in [0.2, 0.25) is 5.02 Å². The molecular weight excluding hydrogens is 360 g/mol. The highest BCUT2D eigenvalue weighted by atomic mass is 35.5. The van der Waals surface area contributed by atoms with E-state index in [-0.39, 0.29) is 17.4 Å². The summed E-state index contributed by atoms with van der Waals surface area (Å²) in [6.07, 6.45) is 1.66. The fraction of sp³-hybridized carbons (Fsp3) is 0.111. The zero-order valence-electron chi connectivity index (χ0n) is 13.1. The monoisotopic (exact) mass is 374 g/mol. The SMILES string of the molecule is O=C(NCc1ccccn1)c1ccc(C[S@@](=O)c2ccccc2Cl)o1. The Kier molecular flexibility index (Phi) is 5.63. The molecule has 1 aromatic carbocycles. The number of pyridine rings is 1. The van der Waals surface area contributed by atoms with E-state index in [0.29, 0.717) is 22.2 Å². The van der Waals surface area contributed by atoms with Gasteiger partial charge in [-0.2, -0.15) is 0 Å². The summed E-state index contributed by atoms with van der Waals surface area (Å²) in [5.41, 5.74) is 0.752. The van der Waals surface area contributed by atoms with E-state index in [1.165, 1.54) is 0 Å². The van der Waals surface area contributed by atoms with Gasteiger partial charge in [-0.3, -0.25) is 14.0 Å². The Morgan fingerprint density at radius 1 is 1.12 bits per heavy atom. The molecule has 1 atom stereocenters. The number of hydrogen-bond donors (Lipinski definition) is 1. The van der Waals surface area contributed by atoms with Gasteiger partial charge >= 0.3 is 0 Å². The van der Waals surface area contributed by atoms with Crippen LogP contribution in [0.3, 0.4) is 0 Å². The fourth-order valence-electron chi connectivity index (χ4n) is 2.17. The van der Waals surface area contributed by atoms with Crippen molar-refractivity contribution in [3.05, 3.63) is 83.0 Å². The summed E-state index contributed by atoms with van der Waals surface area (Å²) in [7, 11) is -1.35. The number of carbonyl (C=O) groups excluding carboxylic acids is 1. The molecule has 0 unspecified atom stereocenters. The summed E-state index contributed by atoms with van der Waals surface area (Å²) >= 11 is 6.05. The fourth-order valence-corrected chi connectivity index (χ4v) is 3.65. The van der Waals surface area contributed by atoms with Crippen molar-refractivity contribution in [2.75, 3.05) is 0 Å². The van der Waals surface area contributed by atoms with Crippen molar-refractivity contribution in [1.82, 2.24) is 10.3 Å². The lowest BCUT2D eigenvalue weighted by atomic mass is 10.3. The largest absolute Gasteiger partial charge is 0.455 e. The second-order valence-corrected chi connectivity index (χ2v) is 7.02. The molecule has 0 radical (unpaired) electrons. The zero-order chi connectivity index (χ0) is 17.6. The van der Waals surface area contributed by atoms with Crippen LogP contribution in [0.1, 0.15) is 22.0 Å². The third-order valence-electron chi connectivity index (χ3n) is 3.40. The maximum atomic E-state index is 12.4. The molecule has 5 nitrogen and oxygen atoms in total. The minimum Gasteiger partial charge on any atom is -0.455 e. The summed E-state index contributed by atoms with van der Waals surface area (Å²) in [6.45, 7) is 0.307. The van der Waals surface area contributed by atoms with Crippen molar-refractivity contribution in [3.8, 4) is 0 Å².